The van der Waals surface area contributed by atoms with Crippen molar-refractivity contribution >= 4 is 18.7 Å². The number of benzene rings is 3. The molecule has 0 N–H and O–H groups in total. The predicted molar refractivity (Wildman–Crippen MR) is 145 cm³/mol. The summed E-state index contributed by atoms with van der Waals surface area (Å²) in [5, 5.41) is 2.48. The van der Waals surface area contributed by atoms with Gasteiger partial charge in [-0.05, 0) is 21.0 Å². The second-order valence-corrected chi connectivity index (χ2v) is 15.3. The smallest absolute Gasteiger partial charge is 0.261 e. The Morgan fingerprint density at radius 1 is 0.886 bits per heavy atom. The SMILES string of the molecule is C=C1C[C@@]2(CO[Si](c3ccccc3)(c3ccccc3)C(C)(C)C)OC[C@@H]1[C@H]2OCc1ccccc1. The maximum absolute atomic E-state index is 7.29. The molecule has 1 saturated heterocycles. The van der Waals surface area contributed by atoms with E-state index in [1.807, 2.05) is 6.07 Å². The van der Waals surface area contributed by atoms with E-state index in [2.05, 4.69) is 112 Å². The van der Waals surface area contributed by atoms with Gasteiger partial charge in [0.05, 0.1) is 25.9 Å². The molecule has 3 nitrogen and oxygen atoms in total. The van der Waals surface area contributed by atoms with Crippen LogP contribution in [0.4, 0.5) is 0 Å². The van der Waals surface area contributed by atoms with Gasteiger partial charge in [-0.2, -0.15) is 0 Å². The summed E-state index contributed by atoms with van der Waals surface area (Å²) in [7, 11) is -2.67. The molecule has 1 heterocycles. The van der Waals surface area contributed by atoms with Crippen LogP contribution in [0.1, 0.15) is 32.8 Å². The van der Waals surface area contributed by atoms with E-state index in [1.54, 1.807) is 0 Å². The summed E-state index contributed by atoms with van der Waals surface area (Å²) in [6.45, 7) is 13.0. The molecule has 1 aliphatic carbocycles. The van der Waals surface area contributed by atoms with Gasteiger partial charge in [-0.1, -0.05) is 124 Å². The van der Waals surface area contributed by atoms with Gasteiger partial charge in [0, 0.05) is 12.3 Å². The monoisotopic (exact) mass is 484 g/mol. The molecule has 0 spiro atoms. The highest BCUT2D eigenvalue weighted by Gasteiger charge is 2.60. The molecular formula is C31H36O3Si. The van der Waals surface area contributed by atoms with Crippen molar-refractivity contribution in [1.82, 2.24) is 0 Å². The molecular weight excluding hydrogens is 448 g/mol. The fraction of sp³-hybridized carbons (Fsp3) is 0.355. The van der Waals surface area contributed by atoms with Crippen molar-refractivity contribution in [3.8, 4) is 0 Å². The minimum atomic E-state index is -2.67. The van der Waals surface area contributed by atoms with Crippen LogP contribution in [-0.2, 0) is 20.5 Å². The van der Waals surface area contributed by atoms with Gasteiger partial charge in [0.15, 0.2) is 0 Å². The van der Waals surface area contributed by atoms with Crippen LogP contribution in [0.3, 0.4) is 0 Å². The molecule has 0 unspecified atom stereocenters. The Hall–Kier alpha value is -2.50. The Morgan fingerprint density at radius 3 is 1.94 bits per heavy atom. The van der Waals surface area contributed by atoms with E-state index in [0.717, 1.165) is 6.42 Å². The second-order valence-electron chi connectivity index (χ2n) is 11.0. The summed E-state index contributed by atoms with van der Waals surface area (Å²) in [4.78, 5) is 0. The van der Waals surface area contributed by atoms with E-state index < -0.39 is 13.9 Å². The summed E-state index contributed by atoms with van der Waals surface area (Å²) in [5.41, 5.74) is 1.90. The zero-order valence-electron chi connectivity index (χ0n) is 21.1. The minimum absolute atomic E-state index is 0.0478. The number of hydrogen-bond donors (Lipinski definition) is 0. The molecule has 2 fully saturated rings. The standard InChI is InChI=1S/C31H36O3Si/c1-24-20-31(29(28(24)22-33-31)32-21-25-14-8-5-9-15-25)23-34-35(30(2,3)4,26-16-10-6-11-17-26)27-18-12-7-13-19-27/h5-19,28-29H,1,20-23H2,2-4H3/t28-,29+,31-/m0/s1. The molecule has 2 bridgehead atoms. The van der Waals surface area contributed by atoms with Gasteiger partial charge in [-0.25, -0.2) is 0 Å². The Morgan fingerprint density at radius 2 is 1.43 bits per heavy atom. The van der Waals surface area contributed by atoms with Crippen molar-refractivity contribution in [2.75, 3.05) is 13.2 Å². The molecule has 1 saturated carbocycles. The molecule has 3 atom stereocenters. The lowest BCUT2D eigenvalue weighted by atomic mass is 10.0. The van der Waals surface area contributed by atoms with E-state index in [1.165, 1.54) is 21.5 Å². The second kappa shape index (κ2) is 9.51. The Labute approximate surface area is 210 Å². The molecule has 0 radical (unpaired) electrons. The summed E-state index contributed by atoms with van der Waals surface area (Å²) < 4.78 is 20.4. The first kappa shape index (κ1) is 24.2. The van der Waals surface area contributed by atoms with E-state index in [9.17, 15) is 0 Å². The number of hydrogen-bond acceptors (Lipinski definition) is 3. The summed E-state index contributed by atoms with van der Waals surface area (Å²) in [5.74, 6) is 0.224. The van der Waals surface area contributed by atoms with Crippen molar-refractivity contribution in [3.63, 3.8) is 0 Å². The van der Waals surface area contributed by atoms with Gasteiger partial charge >= 0.3 is 0 Å². The molecule has 3 aromatic carbocycles. The van der Waals surface area contributed by atoms with Gasteiger partial charge < -0.3 is 13.9 Å². The van der Waals surface area contributed by atoms with E-state index in [-0.39, 0.29) is 17.1 Å². The van der Waals surface area contributed by atoms with E-state index >= 15 is 0 Å². The van der Waals surface area contributed by atoms with Crippen molar-refractivity contribution in [1.29, 1.82) is 0 Å². The average molecular weight is 485 g/mol. The highest BCUT2D eigenvalue weighted by atomic mass is 28.4. The predicted octanol–water partition coefficient (Wildman–Crippen LogP) is 5.49. The zero-order valence-corrected chi connectivity index (χ0v) is 22.1. The quantitative estimate of drug-likeness (QED) is 0.312. The zero-order chi connectivity index (χ0) is 24.5. The highest BCUT2D eigenvalue weighted by molar-refractivity contribution is 6.99. The lowest BCUT2D eigenvalue weighted by Gasteiger charge is -2.45. The van der Waals surface area contributed by atoms with Crippen molar-refractivity contribution < 1.29 is 13.9 Å². The number of ether oxygens (including phenoxy) is 2. The molecule has 3 aromatic rings. The summed E-state index contributed by atoms with van der Waals surface area (Å²) in [6.07, 6.45) is 0.739. The lowest BCUT2D eigenvalue weighted by molar-refractivity contribution is -0.106. The minimum Gasteiger partial charge on any atom is -0.404 e. The third kappa shape index (κ3) is 4.34. The largest absolute Gasteiger partial charge is 0.404 e. The summed E-state index contributed by atoms with van der Waals surface area (Å²) >= 11 is 0. The topological polar surface area (TPSA) is 27.7 Å². The van der Waals surface area contributed by atoms with Crippen LogP contribution in [0.5, 0.6) is 0 Å². The third-order valence-electron chi connectivity index (χ3n) is 7.71. The van der Waals surface area contributed by atoms with Crippen LogP contribution < -0.4 is 10.4 Å². The molecule has 5 rings (SSSR count). The van der Waals surface area contributed by atoms with Gasteiger partial charge in [0.25, 0.3) is 8.32 Å². The van der Waals surface area contributed by atoms with Gasteiger partial charge in [-0.3, -0.25) is 0 Å². The lowest BCUT2D eigenvalue weighted by Crippen LogP contribution is -2.68. The first-order valence-electron chi connectivity index (χ1n) is 12.6. The van der Waals surface area contributed by atoms with Gasteiger partial charge in [-0.15, -0.1) is 0 Å². The van der Waals surface area contributed by atoms with Crippen LogP contribution in [-0.4, -0.2) is 33.2 Å². The van der Waals surface area contributed by atoms with E-state index in [4.69, 9.17) is 13.9 Å². The molecule has 4 heteroatoms. The van der Waals surface area contributed by atoms with Crippen LogP contribution >= 0.6 is 0 Å². The Bertz CT molecular complexity index is 1100. The molecule has 1 aliphatic heterocycles. The normalized spacial score (nSPS) is 24.1. The highest BCUT2D eigenvalue weighted by Crippen LogP contribution is 2.50. The van der Waals surface area contributed by atoms with Gasteiger partial charge in [0.2, 0.25) is 0 Å². The molecule has 0 aromatic heterocycles. The fourth-order valence-corrected chi connectivity index (χ4v) is 10.6. The number of fused-ring (bicyclic) bond motifs is 2. The van der Waals surface area contributed by atoms with Crippen LogP contribution in [0.25, 0.3) is 0 Å². The summed E-state index contributed by atoms with van der Waals surface area (Å²) in [6, 6.07) is 31.9. The van der Waals surface area contributed by atoms with E-state index in [0.29, 0.717) is 19.8 Å². The molecule has 182 valence electrons. The first-order chi connectivity index (χ1) is 16.9. The van der Waals surface area contributed by atoms with Crippen LogP contribution in [0.2, 0.25) is 5.04 Å². The molecule has 0 amide bonds. The third-order valence-corrected chi connectivity index (χ3v) is 12.7. The van der Waals surface area contributed by atoms with Crippen molar-refractivity contribution in [3.05, 3.63) is 109 Å². The Kier molecular flexibility index (Phi) is 6.58. The average Bonchev–Trinajstić information content (AvgIpc) is 3.35. The maximum Gasteiger partial charge on any atom is 0.261 e. The molecule has 2 aliphatic rings. The fourth-order valence-electron chi connectivity index (χ4n) is 5.99. The van der Waals surface area contributed by atoms with Crippen LogP contribution in [0, 0.1) is 5.92 Å². The van der Waals surface area contributed by atoms with Gasteiger partial charge in [0.1, 0.15) is 5.60 Å². The molecule has 35 heavy (non-hydrogen) atoms. The van der Waals surface area contributed by atoms with Crippen LogP contribution in [0.15, 0.2) is 103 Å². The Balaban J connectivity index is 1.49. The number of rotatable bonds is 8. The van der Waals surface area contributed by atoms with Crippen molar-refractivity contribution in [2.45, 2.75) is 50.5 Å². The maximum atomic E-state index is 7.29. The first-order valence-corrected chi connectivity index (χ1v) is 14.5. The van der Waals surface area contributed by atoms with Crippen molar-refractivity contribution in [2.24, 2.45) is 5.92 Å².